The van der Waals surface area contributed by atoms with Gasteiger partial charge in [-0.1, -0.05) is 309 Å². The molecule has 0 aliphatic carbocycles. The zero-order chi connectivity index (χ0) is 52.7. The number of unbranched alkanes of at least 4 members (excludes halogenated alkanes) is 46. The molecule has 0 radical (unpaired) electrons. The highest BCUT2D eigenvalue weighted by Crippen LogP contribution is 2.43. The standard InChI is InChI=1S/C60H118NO10P/c1-3-5-7-9-11-13-15-17-19-21-23-25-27-29-31-33-35-37-39-41-43-45-47-49-51-58(62)68-53-56(54-69-72(66,67)70-55-57(61)60(64)65)71-59(63)52-50-48-46-44-42-40-38-36-34-32-30-28-26-24-22-20-18-16-14-12-10-8-6-4-2/h56-57H,3-55,61H2,1-2H3,(H,64,65)(H,66,67)/t56-,57+/m1/s1. The molecule has 0 saturated carbocycles. The lowest BCUT2D eigenvalue weighted by molar-refractivity contribution is -0.161. The number of carbonyl (C=O) groups excluding carboxylic acids is 2. The van der Waals surface area contributed by atoms with Gasteiger partial charge >= 0.3 is 25.7 Å². The molecule has 0 aromatic heterocycles. The number of carboxylic acid groups (broad SMARTS) is 1. The van der Waals surface area contributed by atoms with E-state index in [1.54, 1.807) is 0 Å². The van der Waals surface area contributed by atoms with Crippen LogP contribution in [0.1, 0.15) is 335 Å². The fourth-order valence-electron chi connectivity index (χ4n) is 9.54. The number of carbonyl (C=O) groups is 3. The average Bonchev–Trinajstić information content (AvgIpc) is 3.36. The lowest BCUT2D eigenvalue weighted by atomic mass is 10.0. The van der Waals surface area contributed by atoms with Crippen LogP contribution in [0.2, 0.25) is 0 Å². The molecule has 0 spiro atoms. The summed E-state index contributed by atoms with van der Waals surface area (Å²) in [7, 11) is -4.72. The first-order chi connectivity index (χ1) is 35.1. The van der Waals surface area contributed by atoms with Gasteiger partial charge < -0.3 is 25.2 Å². The van der Waals surface area contributed by atoms with Gasteiger partial charge in [0.2, 0.25) is 0 Å². The van der Waals surface area contributed by atoms with E-state index < -0.39 is 51.1 Å². The van der Waals surface area contributed by atoms with Crippen molar-refractivity contribution in [2.24, 2.45) is 5.73 Å². The Bertz CT molecular complexity index is 1220. The number of esters is 2. The highest BCUT2D eigenvalue weighted by molar-refractivity contribution is 7.47. The molecule has 0 fully saturated rings. The van der Waals surface area contributed by atoms with E-state index in [9.17, 15) is 23.8 Å². The van der Waals surface area contributed by atoms with Crippen molar-refractivity contribution in [1.82, 2.24) is 0 Å². The summed E-state index contributed by atoms with van der Waals surface area (Å²) >= 11 is 0. The molecular weight excluding hydrogens is 926 g/mol. The van der Waals surface area contributed by atoms with Crippen LogP contribution in [0.3, 0.4) is 0 Å². The van der Waals surface area contributed by atoms with Gasteiger partial charge in [-0.05, 0) is 12.8 Å². The van der Waals surface area contributed by atoms with E-state index >= 15 is 0 Å². The predicted molar refractivity (Wildman–Crippen MR) is 300 cm³/mol. The second kappa shape index (κ2) is 55.7. The molecule has 0 aromatic rings. The highest BCUT2D eigenvalue weighted by atomic mass is 31.2. The van der Waals surface area contributed by atoms with Gasteiger partial charge in [-0.3, -0.25) is 23.4 Å². The normalized spacial score (nSPS) is 13.3. The Morgan fingerprint density at radius 3 is 0.875 bits per heavy atom. The molecule has 428 valence electrons. The van der Waals surface area contributed by atoms with Crippen LogP contribution >= 0.6 is 7.82 Å². The van der Waals surface area contributed by atoms with E-state index in [-0.39, 0.29) is 19.4 Å². The number of rotatable bonds is 60. The molecule has 3 atom stereocenters. The Morgan fingerprint density at radius 1 is 0.375 bits per heavy atom. The van der Waals surface area contributed by atoms with Gasteiger partial charge in [-0.2, -0.15) is 0 Å². The SMILES string of the molecule is CCCCCCCCCCCCCCCCCCCCCCCCCCC(=O)OC[C@H](COP(=O)(O)OC[C@H](N)C(=O)O)OC(=O)CCCCCCCCCCCCCCCCCCCCCCCCCC. The van der Waals surface area contributed by atoms with Gasteiger partial charge in [0.25, 0.3) is 0 Å². The Kier molecular flexibility index (Phi) is 54.5. The van der Waals surface area contributed by atoms with Gasteiger partial charge in [0.1, 0.15) is 12.6 Å². The van der Waals surface area contributed by atoms with Crippen LogP contribution < -0.4 is 5.73 Å². The van der Waals surface area contributed by atoms with E-state index in [1.165, 1.54) is 257 Å². The summed E-state index contributed by atoms with van der Waals surface area (Å²) in [5, 5.41) is 8.96. The van der Waals surface area contributed by atoms with E-state index in [4.69, 9.17) is 29.4 Å². The van der Waals surface area contributed by atoms with Crippen molar-refractivity contribution in [3.05, 3.63) is 0 Å². The van der Waals surface area contributed by atoms with Crippen LogP contribution in [0.15, 0.2) is 0 Å². The molecule has 11 nitrogen and oxygen atoms in total. The molecule has 1 unspecified atom stereocenters. The maximum Gasteiger partial charge on any atom is 0.472 e. The zero-order valence-electron chi connectivity index (χ0n) is 47.3. The fourth-order valence-corrected chi connectivity index (χ4v) is 10.3. The minimum atomic E-state index is -4.72. The number of hydrogen-bond donors (Lipinski definition) is 3. The number of phosphoric ester groups is 1. The molecule has 4 N–H and O–H groups in total. The third-order valence-corrected chi connectivity index (χ3v) is 15.3. The molecule has 0 saturated heterocycles. The quantitative estimate of drug-likeness (QED) is 0.0301. The van der Waals surface area contributed by atoms with Crippen molar-refractivity contribution in [2.75, 3.05) is 19.8 Å². The minimum Gasteiger partial charge on any atom is -0.480 e. The van der Waals surface area contributed by atoms with Gasteiger partial charge in [-0.25, -0.2) is 4.57 Å². The van der Waals surface area contributed by atoms with Crippen molar-refractivity contribution in [1.29, 1.82) is 0 Å². The van der Waals surface area contributed by atoms with Crippen molar-refractivity contribution in [2.45, 2.75) is 347 Å². The first kappa shape index (κ1) is 70.5. The van der Waals surface area contributed by atoms with Gasteiger partial charge in [-0.15, -0.1) is 0 Å². The third kappa shape index (κ3) is 54.7. The second-order valence-corrected chi connectivity index (χ2v) is 23.0. The molecule has 0 aliphatic heterocycles. The zero-order valence-corrected chi connectivity index (χ0v) is 48.2. The molecule has 0 bridgehead atoms. The molecular formula is C60H118NO10P. The van der Waals surface area contributed by atoms with E-state index in [0.717, 1.165) is 38.5 Å². The monoisotopic (exact) mass is 1040 g/mol. The van der Waals surface area contributed by atoms with E-state index in [1.807, 2.05) is 0 Å². The average molecular weight is 1040 g/mol. The lowest BCUT2D eigenvalue weighted by Crippen LogP contribution is -2.34. The predicted octanol–water partition coefficient (Wildman–Crippen LogP) is 18.5. The molecule has 0 amide bonds. The smallest absolute Gasteiger partial charge is 0.472 e. The van der Waals surface area contributed by atoms with Crippen LogP contribution in [0.4, 0.5) is 0 Å². The Labute approximate surface area is 444 Å². The molecule has 12 heteroatoms. The summed E-state index contributed by atoms with van der Waals surface area (Å²) in [4.78, 5) is 46.4. The Balaban J connectivity index is 4.05. The summed E-state index contributed by atoms with van der Waals surface area (Å²) in [6.07, 6.45) is 61.9. The van der Waals surface area contributed by atoms with Crippen LogP contribution in [0, 0.1) is 0 Å². The summed E-state index contributed by atoms with van der Waals surface area (Å²) in [6.45, 7) is 2.91. The summed E-state index contributed by atoms with van der Waals surface area (Å²) in [6, 6.07) is -1.52. The maximum atomic E-state index is 12.8. The number of phosphoric acid groups is 1. The van der Waals surface area contributed by atoms with Crippen LogP contribution in [0.5, 0.6) is 0 Å². The maximum absolute atomic E-state index is 12.8. The molecule has 0 aliphatic rings. The van der Waals surface area contributed by atoms with Crippen LogP contribution in [0.25, 0.3) is 0 Å². The first-order valence-corrected chi connectivity index (χ1v) is 32.6. The Hall–Kier alpha value is -1.52. The summed E-state index contributed by atoms with van der Waals surface area (Å²) in [5.74, 6) is -2.34. The lowest BCUT2D eigenvalue weighted by Gasteiger charge is -2.20. The molecule has 0 heterocycles. The molecule has 72 heavy (non-hydrogen) atoms. The van der Waals surface area contributed by atoms with Crippen LogP contribution in [-0.2, 0) is 37.5 Å². The summed E-state index contributed by atoms with van der Waals surface area (Å²) < 4.78 is 33.0. The Morgan fingerprint density at radius 2 is 0.611 bits per heavy atom. The number of aliphatic carboxylic acids is 1. The topological polar surface area (TPSA) is 172 Å². The van der Waals surface area contributed by atoms with Crippen LogP contribution in [-0.4, -0.2) is 59.9 Å². The fraction of sp³-hybridized carbons (Fsp3) is 0.950. The van der Waals surface area contributed by atoms with E-state index in [0.29, 0.717) is 12.8 Å². The van der Waals surface area contributed by atoms with E-state index in [2.05, 4.69) is 13.8 Å². The second-order valence-electron chi connectivity index (χ2n) is 21.6. The van der Waals surface area contributed by atoms with Gasteiger partial charge in [0, 0.05) is 12.8 Å². The largest absolute Gasteiger partial charge is 0.480 e. The van der Waals surface area contributed by atoms with Crippen molar-refractivity contribution < 1.29 is 47.5 Å². The molecule has 0 aromatic carbocycles. The highest BCUT2D eigenvalue weighted by Gasteiger charge is 2.28. The number of hydrogen-bond acceptors (Lipinski definition) is 9. The minimum absolute atomic E-state index is 0.171. The number of carboxylic acids is 1. The third-order valence-electron chi connectivity index (χ3n) is 14.4. The number of nitrogens with two attached hydrogens (primary N) is 1. The van der Waals surface area contributed by atoms with Gasteiger partial charge in [0.15, 0.2) is 6.10 Å². The number of ether oxygens (including phenoxy) is 2. The van der Waals surface area contributed by atoms with Crippen molar-refractivity contribution in [3.63, 3.8) is 0 Å². The first-order valence-electron chi connectivity index (χ1n) is 31.1. The molecule has 0 rings (SSSR count). The van der Waals surface area contributed by atoms with Gasteiger partial charge in [0.05, 0.1) is 13.2 Å². The summed E-state index contributed by atoms with van der Waals surface area (Å²) in [5.41, 5.74) is 5.38. The van der Waals surface area contributed by atoms with Crippen molar-refractivity contribution >= 4 is 25.7 Å². The van der Waals surface area contributed by atoms with Crippen molar-refractivity contribution in [3.8, 4) is 0 Å².